The number of nitrogens with zero attached hydrogens (tertiary/aromatic N) is 4. The zero-order chi connectivity index (χ0) is 13.9. The molecule has 0 atom stereocenters. The Morgan fingerprint density at radius 1 is 1.16 bits per heavy atom. The number of anilines is 1. The van der Waals surface area contributed by atoms with Gasteiger partial charge in [0.25, 0.3) is 0 Å². The summed E-state index contributed by atoms with van der Waals surface area (Å²) < 4.78 is 37.4. The molecule has 0 spiro atoms. The number of rotatable bonds is 3. The van der Waals surface area contributed by atoms with Crippen LogP contribution in [-0.4, -0.2) is 59.5 Å². The molecule has 2 heterocycles. The molecule has 0 amide bonds. The first kappa shape index (κ1) is 14.5. The molecule has 1 fully saturated rings. The van der Waals surface area contributed by atoms with Gasteiger partial charge in [-0.1, -0.05) is 11.3 Å². The summed E-state index contributed by atoms with van der Waals surface area (Å²) >= 11 is 0.581. The lowest BCUT2D eigenvalue weighted by Gasteiger charge is -2.20. The fourth-order valence-corrected chi connectivity index (χ4v) is 2.75. The van der Waals surface area contributed by atoms with E-state index < -0.39 is 11.2 Å². The maximum absolute atomic E-state index is 12.5. The predicted molar refractivity (Wildman–Crippen MR) is 65.3 cm³/mol. The number of aliphatic hydroxyl groups is 1. The Labute approximate surface area is 112 Å². The molecule has 1 saturated heterocycles. The van der Waals surface area contributed by atoms with Crippen LogP contribution in [0.15, 0.2) is 0 Å². The van der Waals surface area contributed by atoms with Gasteiger partial charge in [-0.3, -0.25) is 4.90 Å². The minimum atomic E-state index is -4.43. The lowest BCUT2D eigenvalue weighted by molar-refractivity contribution is -0.138. The van der Waals surface area contributed by atoms with E-state index in [0.717, 1.165) is 13.0 Å². The quantitative estimate of drug-likeness (QED) is 0.904. The molecule has 0 bridgehead atoms. The van der Waals surface area contributed by atoms with Crippen LogP contribution < -0.4 is 4.90 Å². The monoisotopic (exact) mass is 296 g/mol. The molecule has 1 aliphatic rings. The molecule has 9 heteroatoms. The van der Waals surface area contributed by atoms with Crippen LogP contribution in [-0.2, 0) is 6.18 Å². The Kier molecular flexibility index (Phi) is 4.58. The van der Waals surface area contributed by atoms with Crippen LogP contribution in [0.2, 0.25) is 0 Å². The molecule has 1 aliphatic heterocycles. The van der Waals surface area contributed by atoms with E-state index >= 15 is 0 Å². The smallest absolute Gasteiger partial charge is 0.395 e. The molecule has 1 N–H and O–H groups in total. The van der Waals surface area contributed by atoms with E-state index in [2.05, 4.69) is 15.1 Å². The third-order valence-corrected chi connectivity index (χ3v) is 3.96. The first-order chi connectivity index (χ1) is 9.00. The Balaban J connectivity index is 2.00. The van der Waals surface area contributed by atoms with Crippen molar-refractivity contribution < 1.29 is 18.3 Å². The first-order valence-corrected chi connectivity index (χ1v) is 6.81. The molecule has 0 aliphatic carbocycles. The van der Waals surface area contributed by atoms with Gasteiger partial charge in [-0.2, -0.15) is 13.2 Å². The summed E-state index contributed by atoms with van der Waals surface area (Å²) in [5, 5.41) is 15.1. The Hall–Kier alpha value is -0.930. The predicted octanol–water partition coefficient (Wildman–Crippen LogP) is 1.06. The number of aromatic nitrogens is 2. The highest BCUT2D eigenvalue weighted by atomic mass is 32.1. The lowest BCUT2D eigenvalue weighted by atomic mass is 10.4. The fourth-order valence-electron chi connectivity index (χ4n) is 1.99. The topological polar surface area (TPSA) is 52.5 Å². The van der Waals surface area contributed by atoms with Crippen LogP contribution in [0.5, 0.6) is 0 Å². The van der Waals surface area contributed by atoms with Gasteiger partial charge in [0.2, 0.25) is 10.1 Å². The molecule has 1 aromatic heterocycles. The molecular formula is C10H15F3N4OS. The average molecular weight is 296 g/mol. The number of hydrogen-bond acceptors (Lipinski definition) is 6. The van der Waals surface area contributed by atoms with Gasteiger partial charge < -0.3 is 10.0 Å². The van der Waals surface area contributed by atoms with Crippen molar-refractivity contribution in [2.45, 2.75) is 12.6 Å². The normalized spacial score (nSPS) is 18.6. The van der Waals surface area contributed by atoms with Crippen molar-refractivity contribution in [2.24, 2.45) is 0 Å². The summed E-state index contributed by atoms with van der Waals surface area (Å²) in [5.41, 5.74) is 0. The van der Waals surface area contributed by atoms with E-state index in [0.29, 0.717) is 42.6 Å². The summed E-state index contributed by atoms with van der Waals surface area (Å²) in [7, 11) is 0. The van der Waals surface area contributed by atoms with E-state index in [1.807, 2.05) is 4.90 Å². The molecule has 19 heavy (non-hydrogen) atoms. The maximum Gasteiger partial charge on any atom is 0.445 e. The third-order valence-electron chi connectivity index (χ3n) is 2.93. The summed E-state index contributed by atoms with van der Waals surface area (Å²) in [5.74, 6) is 0. The van der Waals surface area contributed by atoms with Crippen molar-refractivity contribution in [3.8, 4) is 0 Å². The Bertz CT molecular complexity index is 412. The zero-order valence-electron chi connectivity index (χ0n) is 10.2. The standard InChI is InChI=1S/C10H15F3N4OS/c11-10(12,13)8-14-15-9(19-8)17-3-1-2-16(4-5-17)6-7-18/h18H,1-7H2. The van der Waals surface area contributed by atoms with Crippen LogP contribution in [0.3, 0.4) is 0 Å². The van der Waals surface area contributed by atoms with E-state index in [1.165, 1.54) is 0 Å². The van der Waals surface area contributed by atoms with Gasteiger partial charge in [0.15, 0.2) is 0 Å². The highest BCUT2D eigenvalue weighted by molar-refractivity contribution is 7.15. The summed E-state index contributed by atoms with van der Waals surface area (Å²) in [4.78, 5) is 3.91. The van der Waals surface area contributed by atoms with Crippen molar-refractivity contribution >= 4 is 16.5 Å². The van der Waals surface area contributed by atoms with Gasteiger partial charge in [0, 0.05) is 26.2 Å². The summed E-state index contributed by atoms with van der Waals surface area (Å²) in [6.45, 7) is 3.50. The number of β-amino-alcohol motifs (C(OH)–C–C–N with tert-alkyl or cyclic N) is 1. The van der Waals surface area contributed by atoms with Crippen molar-refractivity contribution in [3.05, 3.63) is 5.01 Å². The second kappa shape index (κ2) is 6.02. The summed E-state index contributed by atoms with van der Waals surface area (Å²) in [6, 6.07) is 0. The van der Waals surface area contributed by atoms with Crippen LogP contribution in [0.1, 0.15) is 11.4 Å². The average Bonchev–Trinajstić information content (AvgIpc) is 2.72. The molecular weight excluding hydrogens is 281 g/mol. The van der Waals surface area contributed by atoms with Gasteiger partial charge in [0.05, 0.1) is 6.61 Å². The molecule has 0 unspecified atom stereocenters. The molecule has 1 aromatic rings. The number of hydrogen-bond donors (Lipinski definition) is 1. The summed E-state index contributed by atoms with van der Waals surface area (Å²) in [6.07, 6.45) is -3.59. The van der Waals surface area contributed by atoms with Crippen LogP contribution >= 0.6 is 11.3 Å². The molecule has 5 nitrogen and oxygen atoms in total. The molecule has 2 rings (SSSR count). The first-order valence-electron chi connectivity index (χ1n) is 5.99. The third kappa shape index (κ3) is 3.77. The van der Waals surface area contributed by atoms with Crippen molar-refractivity contribution in [3.63, 3.8) is 0 Å². The zero-order valence-corrected chi connectivity index (χ0v) is 11.0. The second-order valence-corrected chi connectivity index (χ2v) is 5.25. The lowest BCUT2D eigenvalue weighted by Crippen LogP contribution is -2.32. The number of alkyl halides is 3. The molecule has 0 saturated carbocycles. The molecule has 0 radical (unpaired) electrons. The largest absolute Gasteiger partial charge is 0.445 e. The van der Waals surface area contributed by atoms with E-state index in [-0.39, 0.29) is 6.61 Å². The van der Waals surface area contributed by atoms with Crippen LogP contribution in [0, 0.1) is 0 Å². The number of halogens is 3. The van der Waals surface area contributed by atoms with Crippen LogP contribution in [0.25, 0.3) is 0 Å². The minimum Gasteiger partial charge on any atom is -0.395 e. The fraction of sp³-hybridized carbons (Fsp3) is 0.800. The molecule has 0 aromatic carbocycles. The van der Waals surface area contributed by atoms with Gasteiger partial charge in [-0.15, -0.1) is 10.2 Å². The van der Waals surface area contributed by atoms with Crippen molar-refractivity contribution in [2.75, 3.05) is 44.2 Å². The van der Waals surface area contributed by atoms with Crippen LogP contribution in [0.4, 0.5) is 18.3 Å². The van der Waals surface area contributed by atoms with E-state index in [9.17, 15) is 13.2 Å². The van der Waals surface area contributed by atoms with Gasteiger partial charge >= 0.3 is 6.18 Å². The maximum atomic E-state index is 12.5. The Morgan fingerprint density at radius 2 is 1.95 bits per heavy atom. The Morgan fingerprint density at radius 3 is 2.58 bits per heavy atom. The van der Waals surface area contributed by atoms with E-state index in [1.54, 1.807) is 0 Å². The van der Waals surface area contributed by atoms with Crippen molar-refractivity contribution in [1.29, 1.82) is 0 Å². The van der Waals surface area contributed by atoms with Gasteiger partial charge in [-0.25, -0.2) is 0 Å². The second-order valence-electron chi connectivity index (χ2n) is 4.29. The number of aliphatic hydroxyl groups excluding tert-OH is 1. The van der Waals surface area contributed by atoms with Gasteiger partial charge in [-0.05, 0) is 13.0 Å². The SMILES string of the molecule is OCCN1CCCN(c2nnc(C(F)(F)F)s2)CC1. The van der Waals surface area contributed by atoms with Gasteiger partial charge in [0.1, 0.15) is 0 Å². The van der Waals surface area contributed by atoms with Crippen molar-refractivity contribution in [1.82, 2.24) is 15.1 Å². The van der Waals surface area contributed by atoms with E-state index in [4.69, 9.17) is 5.11 Å². The highest BCUT2D eigenvalue weighted by Crippen LogP contribution is 2.34. The molecule has 108 valence electrons. The minimum absolute atomic E-state index is 0.0943. The highest BCUT2D eigenvalue weighted by Gasteiger charge is 2.36.